The molecule has 0 aliphatic carbocycles. The third-order valence-electron chi connectivity index (χ3n) is 5.97. The van der Waals surface area contributed by atoms with Gasteiger partial charge in [-0.25, -0.2) is 9.59 Å². The Hall–Kier alpha value is -2.61. The Kier molecular flexibility index (Phi) is 4.51. The van der Waals surface area contributed by atoms with E-state index >= 15 is 0 Å². The number of carbonyl (C=O) groups is 3. The van der Waals surface area contributed by atoms with Crippen LogP contribution in [0.5, 0.6) is 0 Å². The molecule has 3 atom stereocenters. The molecule has 3 saturated heterocycles. The van der Waals surface area contributed by atoms with Gasteiger partial charge in [0.05, 0.1) is 12.6 Å². The molecule has 3 aliphatic heterocycles. The molecule has 3 aliphatic rings. The van der Waals surface area contributed by atoms with Gasteiger partial charge in [-0.05, 0) is 30.4 Å². The minimum Gasteiger partial charge on any atom is -0.324 e. The zero-order valence-corrected chi connectivity index (χ0v) is 15.6. The SMILES string of the molecule is Cc1ccccc1NC(=O)N1CC2CN(C3CC(=O)N(C)C(=O)N3)CC2C1. The number of aryl methyl sites for hydroxylation is 1. The van der Waals surface area contributed by atoms with Crippen LogP contribution in [0.1, 0.15) is 12.0 Å². The summed E-state index contributed by atoms with van der Waals surface area (Å²) in [4.78, 5) is 41.6. The maximum absolute atomic E-state index is 12.6. The van der Waals surface area contributed by atoms with Crippen molar-refractivity contribution >= 4 is 23.7 Å². The normalized spacial score (nSPS) is 28.3. The summed E-state index contributed by atoms with van der Waals surface area (Å²) >= 11 is 0. The molecule has 0 bridgehead atoms. The largest absolute Gasteiger partial charge is 0.325 e. The molecule has 0 saturated carbocycles. The van der Waals surface area contributed by atoms with Crippen LogP contribution in [0, 0.1) is 18.8 Å². The van der Waals surface area contributed by atoms with Crippen LogP contribution >= 0.6 is 0 Å². The average Bonchev–Trinajstić information content (AvgIpc) is 3.20. The van der Waals surface area contributed by atoms with E-state index in [0.717, 1.165) is 29.2 Å². The van der Waals surface area contributed by atoms with Crippen LogP contribution in [0.15, 0.2) is 24.3 Å². The van der Waals surface area contributed by atoms with Gasteiger partial charge in [0.25, 0.3) is 0 Å². The molecular formula is C19H25N5O3. The van der Waals surface area contributed by atoms with Crippen LogP contribution in [0.25, 0.3) is 0 Å². The number of anilines is 1. The number of rotatable bonds is 2. The van der Waals surface area contributed by atoms with Crippen molar-refractivity contribution in [3.05, 3.63) is 29.8 Å². The van der Waals surface area contributed by atoms with Gasteiger partial charge in [0.15, 0.2) is 0 Å². The van der Waals surface area contributed by atoms with E-state index in [1.807, 2.05) is 36.1 Å². The summed E-state index contributed by atoms with van der Waals surface area (Å²) in [6.07, 6.45) is 0.0696. The third-order valence-corrected chi connectivity index (χ3v) is 5.97. The minimum absolute atomic E-state index is 0.0620. The van der Waals surface area contributed by atoms with Gasteiger partial charge < -0.3 is 15.5 Å². The summed E-state index contributed by atoms with van der Waals surface area (Å²) in [6, 6.07) is 7.35. The maximum Gasteiger partial charge on any atom is 0.325 e. The fraction of sp³-hybridized carbons (Fsp3) is 0.526. The fourth-order valence-electron chi connectivity index (χ4n) is 4.28. The molecule has 3 heterocycles. The van der Waals surface area contributed by atoms with E-state index in [1.54, 1.807) is 0 Å². The second kappa shape index (κ2) is 6.84. The van der Waals surface area contributed by atoms with Gasteiger partial charge in [-0.2, -0.15) is 0 Å². The molecule has 0 spiro atoms. The molecule has 1 aromatic rings. The van der Waals surface area contributed by atoms with Crippen LogP contribution < -0.4 is 10.6 Å². The van der Waals surface area contributed by atoms with Gasteiger partial charge in [-0.3, -0.25) is 14.6 Å². The van der Waals surface area contributed by atoms with E-state index in [-0.39, 0.29) is 24.1 Å². The summed E-state index contributed by atoms with van der Waals surface area (Å²) in [5, 5.41) is 5.90. The summed E-state index contributed by atoms with van der Waals surface area (Å²) in [5.74, 6) is 0.596. The molecule has 4 rings (SSSR count). The highest BCUT2D eigenvalue weighted by atomic mass is 16.2. The van der Waals surface area contributed by atoms with E-state index in [1.165, 1.54) is 7.05 Å². The molecule has 0 aromatic heterocycles. The lowest BCUT2D eigenvalue weighted by Crippen LogP contribution is -2.59. The molecular weight excluding hydrogens is 346 g/mol. The zero-order chi connectivity index (χ0) is 19.1. The zero-order valence-electron chi connectivity index (χ0n) is 15.6. The molecule has 0 radical (unpaired) electrons. The van der Waals surface area contributed by atoms with Crippen molar-refractivity contribution in [1.29, 1.82) is 0 Å². The van der Waals surface area contributed by atoms with E-state index in [4.69, 9.17) is 0 Å². The first-order valence-corrected chi connectivity index (χ1v) is 9.35. The number of benzene rings is 1. The van der Waals surface area contributed by atoms with Crippen LogP contribution in [0.2, 0.25) is 0 Å². The van der Waals surface area contributed by atoms with Gasteiger partial charge in [0, 0.05) is 38.9 Å². The summed E-state index contributed by atoms with van der Waals surface area (Å²) in [5.41, 5.74) is 1.88. The number of urea groups is 2. The van der Waals surface area contributed by atoms with Gasteiger partial charge in [-0.15, -0.1) is 0 Å². The number of hydrogen-bond acceptors (Lipinski definition) is 4. The van der Waals surface area contributed by atoms with Crippen LogP contribution in [-0.4, -0.2) is 72.1 Å². The topological polar surface area (TPSA) is 85.0 Å². The number of nitrogens with zero attached hydrogens (tertiary/aromatic N) is 3. The van der Waals surface area contributed by atoms with E-state index in [0.29, 0.717) is 31.3 Å². The number of imide groups is 1. The quantitative estimate of drug-likeness (QED) is 0.820. The van der Waals surface area contributed by atoms with E-state index in [9.17, 15) is 14.4 Å². The Morgan fingerprint density at radius 2 is 1.78 bits per heavy atom. The molecule has 2 N–H and O–H groups in total. The number of amides is 5. The smallest absolute Gasteiger partial charge is 0.324 e. The molecule has 8 nitrogen and oxygen atoms in total. The summed E-state index contributed by atoms with van der Waals surface area (Å²) in [6.45, 7) is 4.96. The number of nitrogens with one attached hydrogen (secondary N) is 2. The van der Waals surface area contributed by atoms with Crippen molar-refractivity contribution in [2.24, 2.45) is 11.8 Å². The van der Waals surface area contributed by atoms with Gasteiger partial charge in [-0.1, -0.05) is 18.2 Å². The monoisotopic (exact) mass is 371 g/mol. The van der Waals surface area contributed by atoms with Gasteiger partial charge in [0.2, 0.25) is 5.91 Å². The highest BCUT2D eigenvalue weighted by Gasteiger charge is 2.45. The molecule has 3 unspecified atom stereocenters. The molecule has 8 heteroatoms. The lowest BCUT2D eigenvalue weighted by molar-refractivity contribution is -0.130. The Balaban J connectivity index is 1.33. The molecule has 1 aromatic carbocycles. The lowest BCUT2D eigenvalue weighted by atomic mass is 10.0. The molecule has 27 heavy (non-hydrogen) atoms. The Morgan fingerprint density at radius 3 is 2.41 bits per heavy atom. The second-order valence-corrected chi connectivity index (χ2v) is 7.75. The third kappa shape index (κ3) is 3.37. The van der Waals surface area contributed by atoms with Crippen molar-refractivity contribution in [1.82, 2.24) is 20.0 Å². The van der Waals surface area contributed by atoms with Crippen molar-refractivity contribution < 1.29 is 14.4 Å². The first-order valence-electron chi connectivity index (χ1n) is 9.35. The average molecular weight is 371 g/mol. The van der Waals surface area contributed by atoms with E-state index < -0.39 is 0 Å². The minimum atomic E-state index is -0.340. The number of para-hydroxylation sites is 1. The summed E-state index contributed by atoms with van der Waals surface area (Å²) in [7, 11) is 1.50. The maximum atomic E-state index is 12.6. The Labute approximate surface area is 158 Å². The molecule has 144 valence electrons. The number of hydrogen-bond donors (Lipinski definition) is 2. The molecule has 3 fully saturated rings. The number of carbonyl (C=O) groups excluding carboxylic acids is 3. The van der Waals surface area contributed by atoms with Gasteiger partial charge in [0.1, 0.15) is 0 Å². The predicted octanol–water partition coefficient (Wildman–Crippen LogP) is 1.29. The second-order valence-electron chi connectivity index (χ2n) is 7.75. The fourth-order valence-corrected chi connectivity index (χ4v) is 4.28. The number of fused-ring (bicyclic) bond motifs is 1. The first kappa shape index (κ1) is 17.8. The highest BCUT2D eigenvalue weighted by Crippen LogP contribution is 2.33. The van der Waals surface area contributed by atoms with Crippen LogP contribution in [0.3, 0.4) is 0 Å². The van der Waals surface area contributed by atoms with E-state index in [2.05, 4.69) is 15.5 Å². The number of likely N-dealkylation sites (tertiary alicyclic amines) is 2. The first-order chi connectivity index (χ1) is 12.9. The lowest BCUT2D eigenvalue weighted by Gasteiger charge is -2.35. The Morgan fingerprint density at radius 1 is 1.11 bits per heavy atom. The summed E-state index contributed by atoms with van der Waals surface area (Å²) < 4.78 is 0. The van der Waals surface area contributed by atoms with Crippen molar-refractivity contribution in [3.63, 3.8) is 0 Å². The van der Waals surface area contributed by atoms with Crippen LogP contribution in [-0.2, 0) is 4.79 Å². The van der Waals surface area contributed by atoms with Crippen molar-refractivity contribution in [2.45, 2.75) is 19.5 Å². The van der Waals surface area contributed by atoms with Crippen molar-refractivity contribution in [2.75, 3.05) is 38.5 Å². The van der Waals surface area contributed by atoms with Gasteiger partial charge >= 0.3 is 12.1 Å². The highest BCUT2D eigenvalue weighted by molar-refractivity contribution is 5.96. The standard InChI is InChI=1S/C19H25N5O3/c1-12-5-3-4-6-15(12)20-19(27)24-10-13-8-23(9-14(13)11-24)16-7-17(25)22(2)18(26)21-16/h3-6,13-14,16H,7-11H2,1-2H3,(H,20,27)(H,21,26). The van der Waals surface area contributed by atoms with Crippen molar-refractivity contribution in [3.8, 4) is 0 Å². The molecule has 5 amide bonds. The predicted molar refractivity (Wildman–Crippen MR) is 100 cm³/mol. The Bertz CT molecular complexity index is 750. The van der Waals surface area contributed by atoms with Crippen LogP contribution in [0.4, 0.5) is 15.3 Å².